The van der Waals surface area contributed by atoms with Crippen LogP contribution in [0.15, 0.2) is 21.2 Å². The molecule has 0 bridgehead atoms. The van der Waals surface area contributed by atoms with Crippen LogP contribution in [0, 0.1) is 5.92 Å². The van der Waals surface area contributed by atoms with E-state index in [0.717, 1.165) is 54.0 Å². The molecule has 1 fully saturated rings. The molecule has 2 rings (SSSR count). The number of anilines is 1. The van der Waals surface area contributed by atoms with Crippen molar-refractivity contribution in [2.75, 3.05) is 44.2 Å². The second-order valence-corrected chi connectivity index (χ2v) is 7.21. The second kappa shape index (κ2) is 7.73. The van der Waals surface area contributed by atoms with Crippen LogP contribution in [0.3, 0.4) is 0 Å². The van der Waals surface area contributed by atoms with E-state index in [2.05, 4.69) is 59.6 Å². The fourth-order valence-electron chi connectivity index (χ4n) is 2.52. The molecule has 1 saturated heterocycles. The summed E-state index contributed by atoms with van der Waals surface area (Å²) in [6.07, 6.45) is 3.03. The van der Waals surface area contributed by atoms with Gasteiger partial charge in [0.1, 0.15) is 5.82 Å². The van der Waals surface area contributed by atoms with Gasteiger partial charge in [0.25, 0.3) is 0 Å². The van der Waals surface area contributed by atoms with Crippen LogP contribution in [0.5, 0.6) is 0 Å². The maximum atomic E-state index is 5.72. The first-order valence-electron chi connectivity index (χ1n) is 7.08. The minimum absolute atomic E-state index is 0.569. The zero-order chi connectivity index (χ0) is 14.5. The number of halogens is 2. The first-order chi connectivity index (χ1) is 9.60. The monoisotopic (exact) mass is 404 g/mol. The summed E-state index contributed by atoms with van der Waals surface area (Å²) < 4.78 is 2.05. The van der Waals surface area contributed by atoms with Crippen LogP contribution in [0.2, 0.25) is 0 Å². The van der Waals surface area contributed by atoms with Crippen molar-refractivity contribution < 1.29 is 0 Å². The molecule has 0 aliphatic carbocycles. The van der Waals surface area contributed by atoms with Crippen LogP contribution in [0.25, 0.3) is 0 Å². The minimum atomic E-state index is 0.569. The van der Waals surface area contributed by atoms with E-state index in [9.17, 15) is 0 Å². The molecule has 2 heterocycles. The normalized spacial score (nSPS) is 18.9. The largest absolute Gasteiger partial charge is 0.354 e. The summed E-state index contributed by atoms with van der Waals surface area (Å²) >= 11 is 7.06. The Kier molecular flexibility index (Phi) is 6.26. The molecule has 1 unspecified atom stereocenters. The molecule has 2 N–H and O–H groups in total. The summed E-state index contributed by atoms with van der Waals surface area (Å²) in [5, 5.41) is 0. The van der Waals surface area contributed by atoms with Crippen molar-refractivity contribution in [1.82, 2.24) is 9.88 Å². The van der Waals surface area contributed by atoms with Crippen LogP contribution >= 0.6 is 31.9 Å². The van der Waals surface area contributed by atoms with Crippen molar-refractivity contribution in [3.05, 3.63) is 21.2 Å². The number of hydrogen-bond donors (Lipinski definition) is 1. The molecule has 112 valence electrons. The van der Waals surface area contributed by atoms with Gasteiger partial charge in [-0.05, 0) is 63.4 Å². The maximum Gasteiger partial charge on any atom is 0.142 e. The summed E-state index contributed by atoms with van der Waals surface area (Å²) in [5.41, 5.74) is 5.72. The average Bonchev–Trinajstić information content (AvgIpc) is 2.64. The quantitative estimate of drug-likeness (QED) is 0.836. The number of hydrogen-bond acceptors (Lipinski definition) is 4. The van der Waals surface area contributed by atoms with Crippen molar-refractivity contribution in [3.63, 3.8) is 0 Å². The number of rotatable bonds is 4. The van der Waals surface area contributed by atoms with E-state index < -0.39 is 0 Å². The number of aromatic nitrogens is 1. The topological polar surface area (TPSA) is 45.4 Å². The standard InChI is InChI=1S/C14H22Br2N4/c1-11(8-17)10-19-3-2-4-20(6-5-19)14-13(16)7-12(15)9-18-14/h7,9,11H,2-6,8,10,17H2,1H3. The van der Waals surface area contributed by atoms with E-state index in [1.165, 1.54) is 6.42 Å². The highest BCUT2D eigenvalue weighted by Gasteiger charge is 2.18. The van der Waals surface area contributed by atoms with E-state index in [1.807, 2.05) is 6.20 Å². The molecule has 0 aromatic carbocycles. The lowest BCUT2D eigenvalue weighted by Crippen LogP contribution is -2.35. The molecule has 0 amide bonds. The van der Waals surface area contributed by atoms with Gasteiger partial charge in [-0.1, -0.05) is 6.92 Å². The lowest BCUT2D eigenvalue weighted by Gasteiger charge is -2.25. The van der Waals surface area contributed by atoms with Crippen molar-refractivity contribution in [3.8, 4) is 0 Å². The van der Waals surface area contributed by atoms with Gasteiger partial charge in [-0.3, -0.25) is 0 Å². The third-order valence-corrected chi connectivity index (χ3v) is 4.67. The Morgan fingerprint density at radius 3 is 2.80 bits per heavy atom. The molecule has 0 saturated carbocycles. The van der Waals surface area contributed by atoms with Gasteiger partial charge >= 0.3 is 0 Å². The first kappa shape index (κ1) is 16.2. The molecular formula is C14H22Br2N4. The molecule has 1 atom stereocenters. The smallest absolute Gasteiger partial charge is 0.142 e. The SMILES string of the molecule is CC(CN)CN1CCCN(c2ncc(Br)cc2Br)CC1. The molecule has 0 spiro atoms. The van der Waals surface area contributed by atoms with Crippen LogP contribution in [0.1, 0.15) is 13.3 Å². The zero-order valence-electron chi connectivity index (χ0n) is 11.9. The highest BCUT2D eigenvalue weighted by molar-refractivity contribution is 9.11. The van der Waals surface area contributed by atoms with Gasteiger partial charge < -0.3 is 15.5 Å². The molecule has 20 heavy (non-hydrogen) atoms. The van der Waals surface area contributed by atoms with Gasteiger partial charge in [-0.25, -0.2) is 4.98 Å². The third-order valence-electron chi connectivity index (χ3n) is 3.65. The second-order valence-electron chi connectivity index (χ2n) is 5.44. The van der Waals surface area contributed by atoms with Gasteiger partial charge in [0.05, 0.1) is 4.47 Å². The lowest BCUT2D eigenvalue weighted by molar-refractivity contribution is 0.255. The Balaban J connectivity index is 1.98. The lowest BCUT2D eigenvalue weighted by atomic mass is 10.1. The molecule has 4 nitrogen and oxygen atoms in total. The van der Waals surface area contributed by atoms with Crippen LogP contribution in [0.4, 0.5) is 5.82 Å². The fourth-order valence-corrected chi connectivity index (χ4v) is 3.76. The summed E-state index contributed by atoms with van der Waals surface area (Å²) in [6.45, 7) is 8.38. The molecule has 1 aromatic heterocycles. The van der Waals surface area contributed by atoms with Crippen LogP contribution < -0.4 is 10.6 Å². The van der Waals surface area contributed by atoms with Gasteiger partial charge in [0, 0.05) is 36.8 Å². The van der Waals surface area contributed by atoms with E-state index in [0.29, 0.717) is 5.92 Å². The Morgan fingerprint density at radius 2 is 2.10 bits per heavy atom. The first-order valence-corrected chi connectivity index (χ1v) is 8.67. The van der Waals surface area contributed by atoms with Gasteiger partial charge in [0.2, 0.25) is 0 Å². The van der Waals surface area contributed by atoms with Gasteiger partial charge in [-0.2, -0.15) is 0 Å². The van der Waals surface area contributed by atoms with Gasteiger partial charge in [0.15, 0.2) is 0 Å². The van der Waals surface area contributed by atoms with Crippen molar-refractivity contribution in [2.24, 2.45) is 11.7 Å². The molecular weight excluding hydrogens is 384 g/mol. The summed E-state index contributed by atoms with van der Waals surface area (Å²) in [6, 6.07) is 2.06. The highest BCUT2D eigenvalue weighted by atomic mass is 79.9. The van der Waals surface area contributed by atoms with Gasteiger partial charge in [-0.15, -0.1) is 0 Å². The third kappa shape index (κ3) is 4.41. The Labute approximate surface area is 138 Å². The molecule has 1 aliphatic heterocycles. The number of nitrogens with zero attached hydrogens (tertiary/aromatic N) is 3. The molecule has 6 heteroatoms. The van der Waals surface area contributed by atoms with Crippen molar-refractivity contribution in [1.29, 1.82) is 0 Å². The Hall–Kier alpha value is -0.170. The summed E-state index contributed by atoms with van der Waals surface area (Å²) in [4.78, 5) is 9.42. The fraction of sp³-hybridized carbons (Fsp3) is 0.643. The average molecular weight is 406 g/mol. The summed E-state index contributed by atoms with van der Waals surface area (Å²) in [5.74, 6) is 1.61. The van der Waals surface area contributed by atoms with Crippen LogP contribution in [-0.2, 0) is 0 Å². The van der Waals surface area contributed by atoms with Crippen molar-refractivity contribution in [2.45, 2.75) is 13.3 Å². The van der Waals surface area contributed by atoms with E-state index in [-0.39, 0.29) is 0 Å². The minimum Gasteiger partial charge on any atom is -0.354 e. The Morgan fingerprint density at radius 1 is 1.30 bits per heavy atom. The predicted octanol–water partition coefficient (Wildman–Crippen LogP) is 2.71. The van der Waals surface area contributed by atoms with E-state index >= 15 is 0 Å². The summed E-state index contributed by atoms with van der Waals surface area (Å²) in [7, 11) is 0. The number of nitrogens with two attached hydrogens (primary N) is 1. The molecule has 1 aromatic rings. The van der Waals surface area contributed by atoms with Crippen molar-refractivity contribution >= 4 is 37.7 Å². The predicted molar refractivity (Wildman–Crippen MR) is 91.1 cm³/mol. The zero-order valence-corrected chi connectivity index (χ0v) is 15.0. The van der Waals surface area contributed by atoms with Crippen LogP contribution in [-0.4, -0.2) is 49.2 Å². The molecule has 0 radical (unpaired) electrons. The number of pyridine rings is 1. The Bertz CT molecular complexity index is 441. The van der Waals surface area contributed by atoms with E-state index in [1.54, 1.807) is 0 Å². The highest BCUT2D eigenvalue weighted by Crippen LogP contribution is 2.27. The van der Waals surface area contributed by atoms with E-state index in [4.69, 9.17) is 5.73 Å². The maximum absolute atomic E-state index is 5.72. The molecule has 1 aliphatic rings.